The van der Waals surface area contributed by atoms with E-state index in [0.29, 0.717) is 0 Å². The van der Waals surface area contributed by atoms with E-state index in [0.717, 1.165) is 0 Å². The summed E-state index contributed by atoms with van der Waals surface area (Å²) in [5.74, 6) is -0.637. The van der Waals surface area contributed by atoms with Gasteiger partial charge in [0.15, 0.2) is 0 Å². The van der Waals surface area contributed by atoms with Crippen LogP contribution < -0.4 is 4.74 Å². The fraction of sp³-hybridized carbons (Fsp3) is 0. The number of nitriles is 1. The summed E-state index contributed by atoms with van der Waals surface area (Å²) in [6, 6.07) is 7.94. The maximum Gasteiger partial charge on any atom is 0.337 e. The zero-order valence-corrected chi connectivity index (χ0v) is 9.07. The topological polar surface area (TPSA) is 96.1 Å². The molecule has 0 unspecified atom stereocenters. The lowest BCUT2D eigenvalue weighted by Crippen LogP contribution is -1.98. The van der Waals surface area contributed by atoms with E-state index in [-0.39, 0.29) is 22.9 Å². The number of carbonyl (C=O) groups is 1. The van der Waals surface area contributed by atoms with E-state index in [1.54, 1.807) is 18.2 Å². The molecule has 0 amide bonds. The highest BCUT2D eigenvalue weighted by molar-refractivity contribution is 5.87. The van der Waals surface area contributed by atoms with Crippen LogP contribution in [-0.4, -0.2) is 21.0 Å². The van der Waals surface area contributed by atoms with Crippen molar-refractivity contribution < 1.29 is 14.6 Å². The Morgan fingerprint density at radius 2 is 2.22 bits per heavy atom. The van der Waals surface area contributed by atoms with Crippen LogP contribution in [0.1, 0.15) is 16.1 Å². The number of hydrogen-bond acceptors (Lipinski definition) is 5. The van der Waals surface area contributed by atoms with Gasteiger partial charge in [-0.3, -0.25) is 4.98 Å². The number of pyridine rings is 2. The molecule has 6 heteroatoms. The van der Waals surface area contributed by atoms with Gasteiger partial charge >= 0.3 is 5.97 Å². The van der Waals surface area contributed by atoms with Gasteiger partial charge in [0.2, 0.25) is 5.88 Å². The van der Waals surface area contributed by atoms with Crippen LogP contribution in [0.3, 0.4) is 0 Å². The fourth-order valence-electron chi connectivity index (χ4n) is 1.25. The Bertz CT molecular complexity index is 634. The van der Waals surface area contributed by atoms with Crippen molar-refractivity contribution in [1.29, 1.82) is 5.26 Å². The fourth-order valence-corrected chi connectivity index (χ4v) is 1.25. The Balaban J connectivity index is 2.26. The summed E-state index contributed by atoms with van der Waals surface area (Å²) < 4.78 is 5.32. The standard InChI is InChI=1S/C12H7N3O3/c13-5-9-2-1-3-11(15-9)18-10-4-8(12(16)17)6-14-7-10/h1-4,6-7H,(H,16,17). The zero-order valence-electron chi connectivity index (χ0n) is 9.07. The highest BCUT2D eigenvalue weighted by atomic mass is 16.5. The van der Waals surface area contributed by atoms with Crippen molar-refractivity contribution in [3.05, 3.63) is 47.9 Å². The van der Waals surface area contributed by atoms with Gasteiger partial charge in [-0.2, -0.15) is 5.26 Å². The van der Waals surface area contributed by atoms with Gasteiger partial charge in [0.05, 0.1) is 11.8 Å². The first-order valence-electron chi connectivity index (χ1n) is 4.92. The molecule has 0 saturated carbocycles. The average Bonchev–Trinajstić information content (AvgIpc) is 2.39. The van der Waals surface area contributed by atoms with Crippen molar-refractivity contribution in [3.8, 4) is 17.7 Å². The molecular formula is C12H7N3O3. The molecule has 0 aliphatic rings. The predicted molar refractivity (Wildman–Crippen MR) is 60.2 cm³/mol. The summed E-state index contributed by atoms with van der Waals surface area (Å²) in [6.45, 7) is 0. The van der Waals surface area contributed by atoms with Crippen molar-refractivity contribution in [1.82, 2.24) is 9.97 Å². The van der Waals surface area contributed by atoms with Gasteiger partial charge in [0, 0.05) is 12.3 Å². The smallest absolute Gasteiger partial charge is 0.337 e. The summed E-state index contributed by atoms with van der Waals surface area (Å²) in [5, 5.41) is 17.5. The number of nitrogens with zero attached hydrogens (tertiary/aromatic N) is 3. The molecule has 0 aliphatic carbocycles. The number of rotatable bonds is 3. The molecule has 2 heterocycles. The molecule has 1 N–H and O–H groups in total. The van der Waals surface area contributed by atoms with Crippen LogP contribution in [0.25, 0.3) is 0 Å². The van der Waals surface area contributed by atoms with Gasteiger partial charge in [-0.1, -0.05) is 6.07 Å². The summed E-state index contributed by atoms with van der Waals surface area (Å²) in [5.41, 5.74) is 0.235. The third kappa shape index (κ3) is 2.59. The lowest BCUT2D eigenvalue weighted by Gasteiger charge is -2.04. The maximum absolute atomic E-state index is 10.8. The Labute approximate surface area is 102 Å². The van der Waals surface area contributed by atoms with E-state index in [1.165, 1.54) is 18.5 Å². The molecule has 0 radical (unpaired) electrons. The lowest BCUT2D eigenvalue weighted by molar-refractivity contribution is 0.0696. The number of ether oxygens (including phenoxy) is 1. The minimum atomic E-state index is -1.09. The van der Waals surface area contributed by atoms with E-state index in [4.69, 9.17) is 15.1 Å². The molecule has 2 aromatic heterocycles. The molecule has 0 aromatic carbocycles. The monoisotopic (exact) mass is 241 g/mol. The molecule has 2 rings (SSSR count). The van der Waals surface area contributed by atoms with Gasteiger partial charge < -0.3 is 9.84 Å². The molecular weight excluding hydrogens is 234 g/mol. The van der Waals surface area contributed by atoms with E-state index in [9.17, 15) is 4.79 Å². The van der Waals surface area contributed by atoms with Crippen molar-refractivity contribution in [2.75, 3.05) is 0 Å². The number of aromatic carboxylic acids is 1. The molecule has 0 atom stereocenters. The second-order valence-electron chi connectivity index (χ2n) is 3.29. The van der Waals surface area contributed by atoms with E-state index < -0.39 is 5.97 Å². The molecule has 0 saturated heterocycles. The summed E-state index contributed by atoms with van der Waals surface area (Å²) >= 11 is 0. The van der Waals surface area contributed by atoms with Gasteiger partial charge in [-0.25, -0.2) is 9.78 Å². The number of carboxylic acids is 1. The Morgan fingerprint density at radius 1 is 1.39 bits per heavy atom. The van der Waals surface area contributed by atoms with Gasteiger partial charge in [-0.15, -0.1) is 0 Å². The van der Waals surface area contributed by atoms with Crippen LogP contribution in [-0.2, 0) is 0 Å². The quantitative estimate of drug-likeness (QED) is 0.880. The van der Waals surface area contributed by atoms with Gasteiger partial charge in [-0.05, 0) is 12.1 Å². The van der Waals surface area contributed by atoms with Crippen LogP contribution in [0, 0.1) is 11.3 Å². The minimum absolute atomic E-state index is 0.0175. The third-order valence-corrected chi connectivity index (χ3v) is 2.02. The number of carboxylic acid groups (broad SMARTS) is 1. The molecule has 0 spiro atoms. The first-order valence-corrected chi connectivity index (χ1v) is 4.92. The zero-order chi connectivity index (χ0) is 13.0. The predicted octanol–water partition coefficient (Wildman–Crippen LogP) is 1.84. The van der Waals surface area contributed by atoms with Crippen LogP contribution in [0.2, 0.25) is 0 Å². The van der Waals surface area contributed by atoms with Crippen molar-refractivity contribution in [3.63, 3.8) is 0 Å². The van der Waals surface area contributed by atoms with E-state index in [1.807, 2.05) is 6.07 Å². The van der Waals surface area contributed by atoms with Gasteiger partial charge in [0.1, 0.15) is 17.5 Å². The highest BCUT2D eigenvalue weighted by Crippen LogP contribution is 2.19. The molecule has 18 heavy (non-hydrogen) atoms. The van der Waals surface area contributed by atoms with Crippen molar-refractivity contribution in [2.24, 2.45) is 0 Å². The molecule has 0 aliphatic heterocycles. The molecule has 0 bridgehead atoms. The highest BCUT2D eigenvalue weighted by Gasteiger charge is 2.06. The SMILES string of the molecule is N#Cc1cccc(Oc2cncc(C(=O)O)c2)n1. The Kier molecular flexibility index (Phi) is 3.16. The average molecular weight is 241 g/mol. The maximum atomic E-state index is 10.8. The summed E-state index contributed by atoms with van der Waals surface area (Å²) in [7, 11) is 0. The lowest BCUT2D eigenvalue weighted by atomic mass is 10.3. The van der Waals surface area contributed by atoms with Crippen molar-refractivity contribution in [2.45, 2.75) is 0 Å². The van der Waals surface area contributed by atoms with Crippen molar-refractivity contribution >= 4 is 5.97 Å². The van der Waals surface area contributed by atoms with E-state index in [2.05, 4.69) is 9.97 Å². The van der Waals surface area contributed by atoms with Crippen LogP contribution in [0.15, 0.2) is 36.7 Å². The molecule has 88 valence electrons. The normalized spacial score (nSPS) is 9.50. The van der Waals surface area contributed by atoms with Gasteiger partial charge in [0.25, 0.3) is 0 Å². The summed E-state index contributed by atoms with van der Waals surface area (Å²) in [6.07, 6.45) is 2.58. The molecule has 2 aromatic rings. The van der Waals surface area contributed by atoms with E-state index >= 15 is 0 Å². The first kappa shape index (κ1) is 11.5. The number of aromatic nitrogens is 2. The van der Waals surface area contributed by atoms with Crippen LogP contribution >= 0.6 is 0 Å². The van der Waals surface area contributed by atoms with Crippen LogP contribution in [0.5, 0.6) is 11.6 Å². The minimum Gasteiger partial charge on any atom is -0.478 e. The van der Waals surface area contributed by atoms with Crippen LogP contribution in [0.4, 0.5) is 0 Å². The summed E-state index contributed by atoms with van der Waals surface area (Å²) in [4.78, 5) is 18.4. The number of hydrogen-bond donors (Lipinski definition) is 1. The Morgan fingerprint density at radius 3 is 2.94 bits per heavy atom. The largest absolute Gasteiger partial charge is 0.478 e. The first-order chi connectivity index (χ1) is 8.69. The third-order valence-electron chi connectivity index (χ3n) is 2.02. The molecule has 0 fully saturated rings. The second kappa shape index (κ2) is 4.93. The molecule has 6 nitrogen and oxygen atoms in total. The Hall–Kier alpha value is -2.94. The second-order valence-corrected chi connectivity index (χ2v) is 3.29.